The first-order valence-corrected chi connectivity index (χ1v) is 12.9. The van der Waals surface area contributed by atoms with Crippen molar-refractivity contribution in [3.05, 3.63) is 108 Å². The SMILES string of the molecule is O=C(Nc1ccc(Cl)cc1)[C@@H]1[C@@H]2C(=O)N(c3cccc4ccccc34)C(=O)[C@@H]2[C@H]2C=Cc3ccccc3N21. The minimum atomic E-state index is -0.872. The summed E-state index contributed by atoms with van der Waals surface area (Å²) in [6, 6.07) is 26.6. The van der Waals surface area contributed by atoms with Gasteiger partial charge in [-0.15, -0.1) is 0 Å². The molecule has 186 valence electrons. The summed E-state index contributed by atoms with van der Waals surface area (Å²) < 4.78 is 0. The maximum absolute atomic E-state index is 14.2. The molecule has 0 saturated carbocycles. The van der Waals surface area contributed by atoms with Crippen molar-refractivity contribution in [2.45, 2.75) is 12.1 Å². The molecule has 0 radical (unpaired) electrons. The first-order valence-electron chi connectivity index (χ1n) is 12.5. The summed E-state index contributed by atoms with van der Waals surface area (Å²) in [5, 5.41) is 5.28. The Kier molecular flexibility index (Phi) is 5.13. The van der Waals surface area contributed by atoms with Gasteiger partial charge in [-0.1, -0.05) is 78.4 Å². The lowest BCUT2D eigenvalue weighted by molar-refractivity contribution is -0.126. The van der Waals surface area contributed by atoms with E-state index < -0.39 is 23.9 Å². The normalized spacial score (nSPS) is 23.4. The molecule has 4 atom stereocenters. The molecule has 7 rings (SSSR count). The first kappa shape index (κ1) is 22.8. The van der Waals surface area contributed by atoms with Gasteiger partial charge in [0.15, 0.2) is 0 Å². The van der Waals surface area contributed by atoms with Gasteiger partial charge in [-0.3, -0.25) is 14.4 Å². The van der Waals surface area contributed by atoms with Gasteiger partial charge in [0.25, 0.3) is 0 Å². The molecule has 3 heterocycles. The molecule has 0 unspecified atom stereocenters. The highest BCUT2D eigenvalue weighted by Crippen LogP contribution is 2.50. The predicted octanol–water partition coefficient (Wildman–Crippen LogP) is 5.52. The van der Waals surface area contributed by atoms with Crippen LogP contribution in [0.3, 0.4) is 0 Å². The van der Waals surface area contributed by atoms with E-state index in [0.717, 1.165) is 22.0 Å². The molecule has 3 aliphatic rings. The van der Waals surface area contributed by atoms with Gasteiger partial charge in [0.1, 0.15) is 6.04 Å². The van der Waals surface area contributed by atoms with E-state index in [0.29, 0.717) is 16.4 Å². The third-order valence-electron chi connectivity index (χ3n) is 7.80. The zero-order valence-corrected chi connectivity index (χ0v) is 20.9. The van der Waals surface area contributed by atoms with E-state index >= 15 is 0 Å². The quantitative estimate of drug-likeness (QED) is 0.362. The summed E-state index contributed by atoms with van der Waals surface area (Å²) in [5.41, 5.74) is 2.90. The van der Waals surface area contributed by atoms with Crippen LogP contribution in [0.25, 0.3) is 16.8 Å². The van der Waals surface area contributed by atoms with Gasteiger partial charge in [0.05, 0.1) is 23.6 Å². The van der Waals surface area contributed by atoms with E-state index in [9.17, 15) is 14.4 Å². The maximum Gasteiger partial charge on any atom is 0.247 e. The summed E-state index contributed by atoms with van der Waals surface area (Å²) in [4.78, 5) is 45.4. The third-order valence-corrected chi connectivity index (χ3v) is 8.05. The molecular weight excluding hydrogens is 498 g/mol. The molecule has 4 aromatic carbocycles. The number of imide groups is 1. The number of carbonyl (C=O) groups is 3. The third kappa shape index (κ3) is 3.30. The van der Waals surface area contributed by atoms with Crippen molar-refractivity contribution in [1.29, 1.82) is 0 Å². The standard InChI is InChI=1S/C31H22ClN3O3/c32-20-13-15-21(16-14-20)33-29(36)28-27-26(25-17-12-19-7-2-4-10-23(19)34(25)28)30(37)35(31(27)38)24-11-5-8-18-6-1-3-9-22(18)24/h1-17,25-28H,(H,33,36)/t25-,26-,27-,28+/m1/s1. The number of fused-ring (bicyclic) bond motifs is 6. The number of amides is 3. The predicted molar refractivity (Wildman–Crippen MR) is 149 cm³/mol. The van der Waals surface area contributed by atoms with Crippen molar-refractivity contribution in [3.8, 4) is 0 Å². The number of rotatable bonds is 3. The Labute approximate surface area is 224 Å². The van der Waals surface area contributed by atoms with Crippen LogP contribution in [0.5, 0.6) is 0 Å². The second-order valence-corrected chi connectivity index (χ2v) is 10.3. The highest BCUT2D eigenvalue weighted by Gasteiger charge is 2.64. The largest absolute Gasteiger partial charge is 0.351 e. The zero-order valence-electron chi connectivity index (χ0n) is 20.1. The van der Waals surface area contributed by atoms with E-state index in [-0.39, 0.29) is 17.7 Å². The highest BCUT2D eigenvalue weighted by atomic mass is 35.5. The van der Waals surface area contributed by atoms with Crippen LogP contribution in [0.15, 0.2) is 97.1 Å². The smallest absolute Gasteiger partial charge is 0.247 e. The minimum absolute atomic E-state index is 0.280. The number of nitrogens with one attached hydrogen (secondary N) is 1. The van der Waals surface area contributed by atoms with Crippen molar-refractivity contribution in [2.24, 2.45) is 11.8 Å². The number of nitrogens with zero attached hydrogens (tertiary/aromatic N) is 2. The maximum atomic E-state index is 14.2. The lowest BCUT2D eigenvalue weighted by Crippen LogP contribution is -2.50. The van der Waals surface area contributed by atoms with Crippen molar-refractivity contribution in [3.63, 3.8) is 0 Å². The second-order valence-electron chi connectivity index (χ2n) is 9.82. The molecule has 2 fully saturated rings. The van der Waals surface area contributed by atoms with Gasteiger partial charge >= 0.3 is 0 Å². The number of hydrogen-bond donors (Lipinski definition) is 1. The van der Waals surface area contributed by atoms with E-state index in [1.165, 1.54) is 4.90 Å². The van der Waals surface area contributed by atoms with E-state index in [1.807, 2.05) is 77.7 Å². The van der Waals surface area contributed by atoms with Crippen LogP contribution in [0, 0.1) is 11.8 Å². The Balaban J connectivity index is 1.34. The van der Waals surface area contributed by atoms with Crippen molar-refractivity contribution in [2.75, 3.05) is 15.1 Å². The molecule has 6 nitrogen and oxygen atoms in total. The lowest BCUT2D eigenvalue weighted by atomic mass is 9.88. The van der Waals surface area contributed by atoms with Crippen LogP contribution >= 0.6 is 11.6 Å². The number of carbonyl (C=O) groups excluding carboxylic acids is 3. The molecule has 2 saturated heterocycles. The van der Waals surface area contributed by atoms with Crippen LogP contribution in [-0.2, 0) is 14.4 Å². The van der Waals surface area contributed by atoms with Gasteiger partial charge in [-0.2, -0.15) is 0 Å². The lowest BCUT2D eigenvalue weighted by Gasteiger charge is -2.36. The summed E-state index contributed by atoms with van der Waals surface area (Å²) in [6.07, 6.45) is 3.93. The van der Waals surface area contributed by atoms with Crippen molar-refractivity contribution < 1.29 is 14.4 Å². The van der Waals surface area contributed by atoms with Gasteiger partial charge < -0.3 is 10.2 Å². The fraction of sp³-hybridized carbons (Fsp3) is 0.129. The zero-order chi connectivity index (χ0) is 26.0. The summed E-state index contributed by atoms with van der Waals surface area (Å²) >= 11 is 6.03. The molecule has 0 spiro atoms. The molecule has 0 aromatic heterocycles. The number of benzene rings is 4. The van der Waals surface area contributed by atoms with Crippen molar-refractivity contribution >= 4 is 63.2 Å². The van der Waals surface area contributed by atoms with Crippen LogP contribution in [0.4, 0.5) is 17.1 Å². The minimum Gasteiger partial charge on any atom is -0.351 e. The topological polar surface area (TPSA) is 69.7 Å². The number of para-hydroxylation sites is 1. The fourth-order valence-corrected chi connectivity index (χ4v) is 6.33. The summed E-state index contributed by atoms with van der Waals surface area (Å²) in [7, 11) is 0. The molecular formula is C31H22ClN3O3. The van der Waals surface area contributed by atoms with Crippen LogP contribution < -0.4 is 15.1 Å². The van der Waals surface area contributed by atoms with Crippen LogP contribution in [-0.4, -0.2) is 29.8 Å². The Hall–Kier alpha value is -4.42. The van der Waals surface area contributed by atoms with E-state index in [4.69, 9.17) is 11.6 Å². The Morgan fingerprint density at radius 2 is 1.45 bits per heavy atom. The Bertz CT molecular complexity index is 1660. The Morgan fingerprint density at radius 1 is 0.763 bits per heavy atom. The van der Waals surface area contributed by atoms with Gasteiger partial charge in [-0.05, 0) is 47.3 Å². The van der Waals surface area contributed by atoms with Gasteiger partial charge in [0, 0.05) is 21.8 Å². The number of hydrogen-bond acceptors (Lipinski definition) is 4. The average Bonchev–Trinajstić information content (AvgIpc) is 3.42. The number of halogens is 1. The average molecular weight is 520 g/mol. The molecule has 3 amide bonds. The van der Waals surface area contributed by atoms with Crippen molar-refractivity contribution in [1.82, 2.24) is 0 Å². The highest BCUT2D eigenvalue weighted by molar-refractivity contribution is 6.30. The monoisotopic (exact) mass is 519 g/mol. The molecule has 3 aliphatic heterocycles. The molecule has 38 heavy (non-hydrogen) atoms. The van der Waals surface area contributed by atoms with Crippen LogP contribution in [0.2, 0.25) is 5.02 Å². The molecule has 0 bridgehead atoms. The van der Waals surface area contributed by atoms with E-state index in [1.54, 1.807) is 30.3 Å². The van der Waals surface area contributed by atoms with E-state index in [2.05, 4.69) is 5.32 Å². The summed E-state index contributed by atoms with van der Waals surface area (Å²) in [5.74, 6) is -2.50. The number of anilines is 3. The Morgan fingerprint density at radius 3 is 2.29 bits per heavy atom. The fourth-order valence-electron chi connectivity index (χ4n) is 6.20. The second kappa shape index (κ2) is 8.57. The van der Waals surface area contributed by atoms with Gasteiger partial charge in [-0.25, -0.2) is 4.90 Å². The summed E-state index contributed by atoms with van der Waals surface area (Å²) in [6.45, 7) is 0. The van der Waals surface area contributed by atoms with Gasteiger partial charge in [0.2, 0.25) is 17.7 Å². The first-order chi connectivity index (χ1) is 18.5. The molecule has 4 aromatic rings. The molecule has 7 heteroatoms. The molecule has 1 N–H and O–H groups in total. The van der Waals surface area contributed by atoms with Crippen LogP contribution in [0.1, 0.15) is 5.56 Å². The molecule has 0 aliphatic carbocycles.